The van der Waals surface area contributed by atoms with E-state index in [1.165, 1.54) is 17.5 Å². The smallest absolute Gasteiger partial charge is 0.244 e. The van der Waals surface area contributed by atoms with Gasteiger partial charge in [-0.05, 0) is 24.3 Å². The largest absolute Gasteiger partial charge is 0.494 e. The van der Waals surface area contributed by atoms with Crippen LogP contribution in [0.15, 0.2) is 60.7 Å². The second kappa shape index (κ2) is 6.72. The summed E-state index contributed by atoms with van der Waals surface area (Å²) in [7, 11) is -2.15. The molecule has 1 heterocycles. The SMILES string of the molecule is C=CCN(CC=C)S(=O)(=O)c1ccc(OC)c2ncccc12. The molecule has 0 aliphatic rings. The van der Waals surface area contributed by atoms with Gasteiger partial charge in [-0.2, -0.15) is 4.31 Å². The number of ether oxygens (including phenoxy) is 1. The quantitative estimate of drug-likeness (QED) is 0.736. The molecular formula is C16H18N2O3S. The molecule has 0 N–H and O–H groups in total. The number of methoxy groups -OCH3 is 1. The first kappa shape index (κ1) is 16.2. The van der Waals surface area contributed by atoms with Crippen LogP contribution in [0.25, 0.3) is 10.9 Å². The summed E-state index contributed by atoms with van der Waals surface area (Å²) in [6.45, 7) is 7.63. The Bertz CT molecular complexity index is 790. The number of hydrogen-bond donors (Lipinski definition) is 0. The number of benzene rings is 1. The van der Waals surface area contributed by atoms with Gasteiger partial charge in [0.2, 0.25) is 10.0 Å². The van der Waals surface area contributed by atoms with Crippen LogP contribution in [0, 0.1) is 0 Å². The molecule has 0 radical (unpaired) electrons. The van der Waals surface area contributed by atoms with Crippen LogP contribution in [0.3, 0.4) is 0 Å². The van der Waals surface area contributed by atoms with E-state index in [0.717, 1.165) is 0 Å². The van der Waals surface area contributed by atoms with Crippen molar-refractivity contribution in [3.05, 3.63) is 55.8 Å². The van der Waals surface area contributed by atoms with E-state index in [4.69, 9.17) is 4.74 Å². The number of hydrogen-bond acceptors (Lipinski definition) is 4. The lowest BCUT2D eigenvalue weighted by molar-refractivity contribution is 0.418. The zero-order valence-electron chi connectivity index (χ0n) is 12.4. The average molecular weight is 318 g/mol. The number of pyridine rings is 1. The topological polar surface area (TPSA) is 59.5 Å². The molecule has 1 aromatic heterocycles. The lowest BCUT2D eigenvalue weighted by atomic mass is 10.2. The fraction of sp³-hybridized carbons (Fsp3) is 0.188. The maximum atomic E-state index is 12.9. The predicted octanol–water partition coefficient (Wildman–Crippen LogP) is 2.61. The first-order chi connectivity index (χ1) is 10.6. The van der Waals surface area contributed by atoms with Gasteiger partial charge in [-0.1, -0.05) is 12.2 Å². The highest BCUT2D eigenvalue weighted by molar-refractivity contribution is 7.89. The van der Waals surface area contributed by atoms with Crippen LogP contribution in [-0.2, 0) is 10.0 Å². The molecule has 6 heteroatoms. The Hall–Kier alpha value is -2.18. The Labute approximate surface area is 130 Å². The maximum absolute atomic E-state index is 12.9. The number of sulfonamides is 1. The molecule has 0 amide bonds. The molecule has 116 valence electrons. The molecule has 0 bridgehead atoms. The van der Waals surface area contributed by atoms with Crippen LogP contribution in [0.1, 0.15) is 0 Å². The summed E-state index contributed by atoms with van der Waals surface area (Å²) >= 11 is 0. The summed E-state index contributed by atoms with van der Waals surface area (Å²) in [5.41, 5.74) is 0.517. The summed E-state index contributed by atoms with van der Waals surface area (Å²) in [5.74, 6) is 0.536. The van der Waals surface area contributed by atoms with Gasteiger partial charge in [0.15, 0.2) is 0 Å². The molecule has 1 aromatic carbocycles. The Morgan fingerprint density at radius 1 is 1.23 bits per heavy atom. The highest BCUT2D eigenvalue weighted by atomic mass is 32.2. The zero-order chi connectivity index (χ0) is 16.2. The fourth-order valence-electron chi connectivity index (χ4n) is 2.21. The predicted molar refractivity (Wildman–Crippen MR) is 87.4 cm³/mol. The van der Waals surface area contributed by atoms with E-state index in [1.54, 1.807) is 36.5 Å². The van der Waals surface area contributed by atoms with Gasteiger partial charge in [-0.25, -0.2) is 8.42 Å². The Kier molecular flexibility index (Phi) is 4.95. The third kappa shape index (κ3) is 2.88. The molecule has 22 heavy (non-hydrogen) atoms. The molecule has 2 aromatic rings. The minimum Gasteiger partial charge on any atom is -0.494 e. The van der Waals surface area contributed by atoms with E-state index in [-0.39, 0.29) is 18.0 Å². The van der Waals surface area contributed by atoms with E-state index in [2.05, 4.69) is 18.1 Å². The number of nitrogens with zero attached hydrogens (tertiary/aromatic N) is 2. The second-order valence-corrected chi connectivity index (χ2v) is 6.47. The average Bonchev–Trinajstić information content (AvgIpc) is 2.53. The van der Waals surface area contributed by atoms with Crippen molar-refractivity contribution in [1.29, 1.82) is 0 Å². The molecule has 5 nitrogen and oxygen atoms in total. The zero-order valence-corrected chi connectivity index (χ0v) is 13.2. The van der Waals surface area contributed by atoms with Gasteiger partial charge in [-0.15, -0.1) is 13.2 Å². The monoisotopic (exact) mass is 318 g/mol. The second-order valence-electron chi connectivity index (χ2n) is 4.56. The van der Waals surface area contributed by atoms with Gasteiger partial charge >= 0.3 is 0 Å². The molecule has 0 saturated carbocycles. The summed E-state index contributed by atoms with van der Waals surface area (Å²) < 4.78 is 32.3. The van der Waals surface area contributed by atoms with Crippen LogP contribution < -0.4 is 4.74 Å². The lowest BCUT2D eigenvalue weighted by Crippen LogP contribution is -2.31. The van der Waals surface area contributed by atoms with Crippen LogP contribution in [0.4, 0.5) is 0 Å². The lowest BCUT2D eigenvalue weighted by Gasteiger charge is -2.20. The Balaban J connectivity index is 2.68. The molecule has 0 aliphatic heterocycles. The third-order valence-electron chi connectivity index (χ3n) is 3.20. The summed E-state index contributed by atoms with van der Waals surface area (Å²) in [6.07, 6.45) is 4.70. The molecule has 0 fully saturated rings. The summed E-state index contributed by atoms with van der Waals surface area (Å²) in [4.78, 5) is 4.42. The number of rotatable bonds is 7. The maximum Gasteiger partial charge on any atom is 0.244 e. The van der Waals surface area contributed by atoms with Crippen molar-refractivity contribution in [3.8, 4) is 5.75 Å². The van der Waals surface area contributed by atoms with Crippen molar-refractivity contribution in [2.24, 2.45) is 0 Å². The van der Waals surface area contributed by atoms with E-state index in [1.807, 2.05) is 0 Å². The fourth-order valence-corrected chi connectivity index (χ4v) is 3.77. The van der Waals surface area contributed by atoms with Crippen molar-refractivity contribution < 1.29 is 13.2 Å². The molecule has 0 spiro atoms. The highest BCUT2D eigenvalue weighted by Gasteiger charge is 2.25. The highest BCUT2D eigenvalue weighted by Crippen LogP contribution is 2.30. The minimum absolute atomic E-state index is 0.195. The molecule has 2 rings (SSSR count). The molecule has 0 aliphatic carbocycles. The number of fused-ring (bicyclic) bond motifs is 1. The van der Waals surface area contributed by atoms with Crippen LogP contribution >= 0.6 is 0 Å². The van der Waals surface area contributed by atoms with Crippen LogP contribution in [-0.4, -0.2) is 37.9 Å². The van der Waals surface area contributed by atoms with Crippen molar-refractivity contribution >= 4 is 20.9 Å². The number of aromatic nitrogens is 1. The first-order valence-corrected chi connectivity index (χ1v) is 8.14. The van der Waals surface area contributed by atoms with E-state index < -0.39 is 10.0 Å². The van der Waals surface area contributed by atoms with Crippen molar-refractivity contribution in [2.45, 2.75) is 4.90 Å². The van der Waals surface area contributed by atoms with Crippen molar-refractivity contribution in [2.75, 3.05) is 20.2 Å². The normalized spacial score (nSPS) is 11.5. The van der Waals surface area contributed by atoms with Crippen molar-refractivity contribution in [1.82, 2.24) is 9.29 Å². The van der Waals surface area contributed by atoms with Gasteiger partial charge in [0, 0.05) is 24.7 Å². The minimum atomic E-state index is -3.68. The van der Waals surface area contributed by atoms with Gasteiger partial charge < -0.3 is 4.74 Å². The third-order valence-corrected chi connectivity index (χ3v) is 5.09. The van der Waals surface area contributed by atoms with E-state index in [0.29, 0.717) is 16.7 Å². The first-order valence-electron chi connectivity index (χ1n) is 6.70. The summed E-state index contributed by atoms with van der Waals surface area (Å²) in [5, 5.41) is 0.528. The molecule has 0 saturated heterocycles. The van der Waals surface area contributed by atoms with Gasteiger partial charge in [-0.3, -0.25) is 4.98 Å². The van der Waals surface area contributed by atoms with Gasteiger partial charge in [0.1, 0.15) is 11.3 Å². The van der Waals surface area contributed by atoms with Crippen LogP contribution in [0.5, 0.6) is 5.75 Å². The van der Waals surface area contributed by atoms with Gasteiger partial charge in [0.25, 0.3) is 0 Å². The van der Waals surface area contributed by atoms with Crippen LogP contribution in [0.2, 0.25) is 0 Å². The summed E-state index contributed by atoms with van der Waals surface area (Å²) in [6, 6.07) is 6.57. The van der Waals surface area contributed by atoms with Gasteiger partial charge in [0.05, 0.1) is 12.0 Å². The Morgan fingerprint density at radius 3 is 2.50 bits per heavy atom. The van der Waals surface area contributed by atoms with E-state index >= 15 is 0 Å². The molecular weight excluding hydrogens is 300 g/mol. The van der Waals surface area contributed by atoms with E-state index in [9.17, 15) is 8.42 Å². The van der Waals surface area contributed by atoms with Crippen molar-refractivity contribution in [3.63, 3.8) is 0 Å². The standard InChI is InChI=1S/C16H18N2O3S/c1-4-11-18(12-5-2)22(19,20)15-9-8-14(21-3)16-13(15)7-6-10-17-16/h4-10H,1-2,11-12H2,3H3. The molecule has 0 unspecified atom stereocenters. The Morgan fingerprint density at radius 2 is 1.91 bits per heavy atom. The molecule has 0 atom stereocenters.